The maximum Gasteiger partial charge on any atom is 0.261 e. The fourth-order valence-electron chi connectivity index (χ4n) is 3.08. The molecule has 1 heterocycles. The molecule has 1 atom stereocenters. The molecule has 1 fully saturated rings. The van der Waals surface area contributed by atoms with Crippen molar-refractivity contribution in [2.75, 3.05) is 18.4 Å². The summed E-state index contributed by atoms with van der Waals surface area (Å²) >= 11 is 0. The van der Waals surface area contributed by atoms with Crippen LogP contribution in [0.2, 0.25) is 0 Å². The van der Waals surface area contributed by atoms with Gasteiger partial charge in [-0.3, -0.25) is 29.4 Å². The summed E-state index contributed by atoms with van der Waals surface area (Å²) in [5, 5.41) is 5.46. The monoisotopic (exact) mass is 374 g/mol. The van der Waals surface area contributed by atoms with Gasteiger partial charge in [0.1, 0.15) is 6.04 Å². The number of anilines is 1. The van der Waals surface area contributed by atoms with Crippen LogP contribution in [0.3, 0.4) is 0 Å². The van der Waals surface area contributed by atoms with E-state index < -0.39 is 23.8 Å². The lowest BCUT2D eigenvalue weighted by Gasteiger charge is -2.29. The van der Waals surface area contributed by atoms with Gasteiger partial charge in [-0.1, -0.05) is 12.5 Å². The summed E-state index contributed by atoms with van der Waals surface area (Å²) in [7, 11) is 0. The molecule has 146 valence electrons. The Labute approximate surface area is 158 Å². The van der Waals surface area contributed by atoms with Gasteiger partial charge in [0.2, 0.25) is 18.2 Å². The zero-order valence-electron chi connectivity index (χ0n) is 15.5. The van der Waals surface area contributed by atoms with Gasteiger partial charge in [-0.2, -0.15) is 0 Å². The highest BCUT2D eigenvalue weighted by Crippen LogP contribution is 2.22. The Kier molecular flexibility index (Phi) is 7.48. The smallest absolute Gasteiger partial charge is 0.261 e. The standard InChI is InChI=1S/C19H26N4O4/c1-13-14(6-5-7-15(13)21-11-4-2-3-10-20)19(27)23(12-24)16-8-9-17(25)22-18(16)26/h5-7,12,16,21H,2-4,8-11,20H2,1H3,(H,22,25,26). The summed E-state index contributed by atoms with van der Waals surface area (Å²) in [4.78, 5) is 48.6. The van der Waals surface area contributed by atoms with Crippen molar-refractivity contribution >= 4 is 29.8 Å². The van der Waals surface area contributed by atoms with Crippen LogP contribution >= 0.6 is 0 Å². The first kappa shape index (κ1) is 20.6. The molecule has 0 saturated carbocycles. The van der Waals surface area contributed by atoms with Crippen LogP contribution in [0.1, 0.15) is 48.0 Å². The van der Waals surface area contributed by atoms with Gasteiger partial charge in [-0.25, -0.2) is 0 Å². The Balaban J connectivity index is 2.12. The van der Waals surface area contributed by atoms with Crippen molar-refractivity contribution in [2.24, 2.45) is 5.73 Å². The first-order valence-electron chi connectivity index (χ1n) is 9.14. The molecule has 4 amide bonds. The summed E-state index contributed by atoms with van der Waals surface area (Å²) in [5.41, 5.74) is 7.34. The van der Waals surface area contributed by atoms with E-state index in [2.05, 4.69) is 10.6 Å². The van der Waals surface area contributed by atoms with Crippen LogP contribution in [0.4, 0.5) is 5.69 Å². The van der Waals surface area contributed by atoms with E-state index in [9.17, 15) is 19.2 Å². The van der Waals surface area contributed by atoms with E-state index in [-0.39, 0.29) is 12.8 Å². The third kappa shape index (κ3) is 5.13. The Morgan fingerprint density at radius 1 is 1.33 bits per heavy atom. The lowest BCUT2D eigenvalue weighted by atomic mass is 10.0. The topological polar surface area (TPSA) is 122 Å². The third-order valence-corrected chi connectivity index (χ3v) is 4.65. The van der Waals surface area contributed by atoms with Gasteiger partial charge >= 0.3 is 0 Å². The van der Waals surface area contributed by atoms with Gasteiger partial charge < -0.3 is 11.1 Å². The molecule has 1 aromatic carbocycles. The van der Waals surface area contributed by atoms with Crippen LogP contribution in [0.5, 0.6) is 0 Å². The Hall–Kier alpha value is -2.74. The second-order valence-corrected chi connectivity index (χ2v) is 6.54. The number of hydrogen-bond donors (Lipinski definition) is 3. The molecule has 8 heteroatoms. The zero-order valence-corrected chi connectivity index (χ0v) is 15.5. The first-order valence-corrected chi connectivity index (χ1v) is 9.14. The number of nitrogens with two attached hydrogens (primary N) is 1. The maximum atomic E-state index is 12.9. The molecule has 8 nitrogen and oxygen atoms in total. The molecule has 27 heavy (non-hydrogen) atoms. The van der Waals surface area contributed by atoms with E-state index in [4.69, 9.17) is 5.73 Å². The Morgan fingerprint density at radius 2 is 2.11 bits per heavy atom. The number of hydrogen-bond acceptors (Lipinski definition) is 6. The fraction of sp³-hybridized carbons (Fsp3) is 0.474. The second-order valence-electron chi connectivity index (χ2n) is 6.54. The number of nitrogens with one attached hydrogen (secondary N) is 2. The normalized spacial score (nSPS) is 16.6. The van der Waals surface area contributed by atoms with Crippen molar-refractivity contribution in [1.82, 2.24) is 10.2 Å². The molecule has 4 N–H and O–H groups in total. The van der Waals surface area contributed by atoms with E-state index in [1.165, 1.54) is 0 Å². The number of benzene rings is 1. The number of unbranched alkanes of at least 4 members (excludes halogenated alkanes) is 2. The maximum absolute atomic E-state index is 12.9. The minimum absolute atomic E-state index is 0.0946. The molecule has 0 aliphatic carbocycles. The average molecular weight is 374 g/mol. The van der Waals surface area contributed by atoms with Crippen LogP contribution in [0.15, 0.2) is 18.2 Å². The zero-order chi connectivity index (χ0) is 19.8. The quantitative estimate of drug-likeness (QED) is 0.336. The minimum atomic E-state index is -0.972. The third-order valence-electron chi connectivity index (χ3n) is 4.65. The van der Waals surface area contributed by atoms with Gasteiger partial charge in [0, 0.05) is 24.2 Å². The number of imide groups is 2. The van der Waals surface area contributed by atoms with Crippen LogP contribution in [-0.2, 0) is 14.4 Å². The number of carbonyl (C=O) groups is 4. The summed E-state index contributed by atoms with van der Waals surface area (Å²) in [6, 6.07) is 4.25. The molecule has 1 aliphatic heterocycles. The van der Waals surface area contributed by atoms with Crippen LogP contribution in [0.25, 0.3) is 0 Å². The summed E-state index contributed by atoms with van der Waals surface area (Å²) in [6.07, 6.45) is 3.54. The highest BCUT2D eigenvalue weighted by atomic mass is 16.2. The largest absolute Gasteiger partial charge is 0.385 e. The molecule has 1 aromatic rings. The van der Waals surface area contributed by atoms with Crippen molar-refractivity contribution in [2.45, 2.75) is 45.1 Å². The number of amides is 4. The van der Waals surface area contributed by atoms with Crippen molar-refractivity contribution in [3.63, 3.8) is 0 Å². The molecule has 2 rings (SSSR count). The SMILES string of the molecule is Cc1c(NCCCCCN)cccc1C(=O)N(C=O)C1CCC(=O)NC1=O. The Morgan fingerprint density at radius 3 is 2.78 bits per heavy atom. The minimum Gasteiger partial charge on any atom is -0.385 e. The Bertz CT molecular complexity index is 720. The molecule has 1 saturated heterocycles. The lowest BCUT2D eigenvalue weighted by molar-refractivity contribution is -0.139. The fourth-order valence-corrected chi connectivity index (χ4v) is 3.08. The molecule has 1 aliphatic rings. The molecule has 0 radical (unpaired) electrons. The molecule has 0 aromatic heterocycles. The summed E-state index contributed by atoms with van der Waals surface area (Å²) in [5.74, 6) is -1.58. The molecular weight excluding hydrogens is 348 g/mol. The van der Waals surface area contributed by atoms with Crippen molar-refractivity contribution in [1.29, 1.82) is 0 Å². The van der Waals surface area contributed by atoms with E-state index >= 15 is 0 Å². The van der Waals surface area contributed by atoms with Gasteiger partial charge in [0.25, 0.3) is 5.91 Å². The van der Waals surface area contributed by atoms with E-state index in [0.717, 1.165) is 36.4 Å². The number of rotatable bonds is 9. The van der Waals surface area contributed by atoms with Crippen molar-refractivity contribution < 1.29 is 19.2 Å². The average Bonchev–Trinajstić information content (AvgIpc) is 2.65. The number of piperidine rings is 1. The molecule has 0 spiro atoms. The van der Waals surface area contributed by atoms with Gasteiger partial charge in [0.15, 0.2) is 0 Å². The molecule has 1 unspecified atom stereocenters. The molecule has 0 bridgehead atoms. The molecular formula is C19H26N4O4. The lowest BCUT2D eigenvalue weighted by Crippen LogP contribution is -2.53. The van der Waals surface area contributed by atoms with E-state index in [1.54, 1.807) is 19.1 Å². The van der Waals surface area contributed by atoms with E-state index in [1.807, 2.05) is 6.07 Å². The van der Waals surface area contributed by atoms with Crippen LogP contribution in [-0.4, -0.2) is 48.2 Å². The first-order chi connectivity index (χ1) is 13.0. The number of carbonyl (C=O) groups excluding carboxylic acids is 4. The summed E-state index contributed by atoms with van der Waals surface area (Å²) < 4.78 is 0. The highest BCUT2D eigenvalue weighted by Gasteiger charge is 2.35. The van der Waals surface area contributed by atoms with Crippen molar-refractivity contribution in [3.05, 3.63) is 29.3 Å². The summed E-state index contributed by atoms with van der Waals surface area (Å²) in [6.45, 7) is 3.22. The predicted molar refractivity (Wildman–Crippen MR) is 101 cm³/mol. The van der Waals surface area contributed by atoms with E-state index in [0.29, 0.717) is 24.1 Å². The van der Waals surface area contributed by atoms with Gasteiger partial charge in [0.05, 0.1) is 0 Å². The second kappa shape index (κ2) is 9.82. The van der Waals surface area contributed by atoms with Crippen LogP contribution in [0, 0.1) is 6.92 Å². The highest BCUT2D eigenvalue weighted by molar-refractivity contribution is 6.08. The van der Waals surface area contributed by atoms with Gasteiger partial charge in [-0.05, 0) is 50.4 Å². The number of nitrogens with zero attached hydrogens (tertiary/aromatic N) is 1. The predicted octanol–water partition coefficient (Wildman–Crippen LogP) is 0.940. The van der Waals surface area contributed by atoms with Crippen LogP contribution < -0.4 is 16.4 Å². The van der Waals surface area contributed by atoms with Crippen molar-refractivity contribution in [3.8, 4) is 0 Å². The van der Waals surface area contributed by atoms with Gasteiger partial charge in [-0.15, -0.1) is 0 Å².